The van der Waals surface area contributed by atoms with Crippen LogP contribution in [-0.2, 0) is 4.79 Å². The second kappa shape index (κ2) is 8.22. The van der Waals surface area contributed by atoms with Gasteiger partial charge in [0, 0.05) is 11.5 Å². The number of aromatic nitrogens is 1. The summed E-state index contributed by atoms with van der Waals surface area (Å²) in [6.07, 6.45) is -0.0114. The van der Waals surface area contributed by atoms with Crippen molar-refractivity contribution in [3.63, 3.8) is 0 Å². The van der Waals surface area contributed by atoms with Gasteiger partial charge in [-0.25, -0.2) is 0 Å². The summed E-state index contributed by atoms with van der Waals surface area (Å²) >= 11 is 0. The molecule has 0 fully saturated rings. The molecule has 0 saturated heterocycles. The predicted octanol–water partition coefficient (Wildman–Crippen LogP) is 5.30. The molecule has 5 rings (SSSR count). The number of carbonyl (C=O) groups excluding carboxylic acids is 2. The van der Waals surface area contributed by atoms with Crippen molar-refractivity contribution in [3.05, 3.63) is 89.1 Å². The third kappa shape index (κ3) is 3.63. The maximum atomic E-state index is 13.6. The summed E-state index contributed by atoms with van der Waals surface area (Å²) in [5.41, 5.74) is 1.03. The van der Waals surface area contributed by atoms with Gasteiger partial charge >= 0.3 is 0 Å². The number of anilines is 1. The molecule has 1 aliphatic heterocycles. The van der Waals surface area contributed by atoms with E-state index in [2.05, 4.69) is 5.16 Å². The molecule has 1 N–H and O–H groups in total. The molecule has 1 atom stereocenters. The number of hydrogen-bond donors (Lipinski definition) is 1. The minimum Gasteiger partial charge on any atom is -0.503 e. The minimum atomic E-state index is -0.939. The van der Waals surface area contributed by atoms with Crippen LogP contribution < -0.4 is 9.64 Å². The summed E-state index contributed by atoms with van der Waals surface area (Å²) in [5, 5.41) is 15.5. The predicted molar refractivity (Wildman–Crippen MR) is 124 cm³/mol. The number of aliphatic hydroxyl groups excluding tert-OH is 1. The highest BCUT2D eigenvalue weighted by Gasteiger charge is 2.46. The van der Waals surface area contributed by atoms with Gasteiger partial charge in [0.1, 0.15) is 17.1 Å². The van der Waals surface area contributed by atoms with Crippen LogP contribution in [0.4, 0.5) is 5.82 Å². The molecule has 1 amide bonds. The van der Waals surface area contributed by atoms with Gasteiger partial charge in [-0.1, -0.05) is 35.5 Å². The summed E-state index contributed by atoms with van der Waals surface area (Å²) in [4.78, 5) is 28.0. The molecule has 0 bridgehead atoms. The fourth-order valence-electron chi connectivity index (χ4n) is 4.08. The smallest absolute Gasteiger partial charge is 0.295 e. The van der Waals surface area contributed by atoms with E-state index in [1.54, 1.807) is 55.5 Å². The molecule has 0 radical (unpaired) electrons. The van der Waals surface area contributed by atoms with E-state index in [1.807, 2.05) is 26.0 Å². The molecule has 8 nitrogen and oxygen atoms in total. The summed E-state index contributed by atoms with van der Waals surface area (Å²) in [5.74, 6) is -0.646. The molecule has 1 aliphatic rings. The summed E-state index contributed by atoms with van der Waals surface area (Å²) < 4.78 is 16.6. The van der Waals surface area contributed by atoms with Crippen LogP contribution in [0.2, 0.25) is 0 Å². The van der Waals surface area contributed by atoms with Crippen molar-refractivity contribution < 1.29 is 28.4 Å². The number of fused-ring (bicyclic) bond motifs is 1. The number of ether oxygens (including phenoxy) is 1. The largest absolute Gasteiger partial charge is 0.503 e. The first-order chi connectivity index (χ1) is 16.3. The lowest BCUT2D eigenvalue weighted by molar-refractivity contribution is -0.117. The Morgan fingerprint density at radius 2 is 1.85 bits per heavy atom. The van der Waals surface area contributed by atoms with Crippen molar-refractivity contribution in [2.75, 3.05) is 4.90 Å². The monoisotopic (exact) mass is 458 g/mol. The van der Waals surface area contributed by atoms with E-state index in [0.29, 0.717) is 22.7 Å². The second-order valence-corrected chi connectivity index (χ2v) is 8.35. The van der Waals surface area contributed by atoms with Gasteiger partial charge in [0.15, 0.2) is 17.3 Å². The van der Waals surface area contributed by atoms with Gasteiger partial charge in [-0.3, -0.25) is 14.5 Å². The van der Waals surface area contributed by atoms with E-state index < -0.39 is 23.5 Å². The van der Waals surface area contributed by atoms with Gasteiger partial charge in [0.05, 0.1) is 17.7 Å². The number of nitrogens with zero attached hydrogens (tertiary/aromatic N) is 2. The summed E-state index contributed by atoms with van der Waals surface area (Å²) in [7, 11) is 0. The molecule has 0 spiro atoms. The maximum absolute atomic E-state index is 13.6. The quantitative estimate of drug-likeness (QED) is 0.391. The van der Waals surface area contributed by atoms with Crippen molar-refractivity contribution in [2.45, 2.75) is 32.9 Å². The van der Waals surface area contributed by atoms with Crippen molar-refractivity contribution in [3.8, 4) is 5.75 Å². The lowest BCUT2D eigenvalue weighted by Crippen LogP contribution is -2.31. The zero-order valence-corrected chi connectivity index (χ0v) is 18.8. The molecule has 2 aromatic heterocycles. The Kier molecular flexibility index (Phi) is 5.20. The number of aryl methyl sites for hydroxylation is 1. The number of furan rings is 1. The highest BCUT2D eigenvalue weighted by Crippen LogP contribution is 2.42. The van der Waals surface area contributed by atoms with Crippen molar-refractivity contribution >= 4 is 28.5 Å². The van der Waals surface area contributed by atoms with Crippen molar-refractivity contribution in [1.82, 2.24) is 5.16 Å². The molecule has 172 valence electrons. The first kappa shape index (κ1) is 21.5. The number of para-hydroxylation sites is 1. The molecular formula is C26H22N2O6. The molecule has 3 heterocycles. The number of Topliss-reactive ketones (excluding diaryl/α,β-unsaturated/α-hetero) is 1. The Labute approximate surface area is 195 Å². The highest BCUT2D eigenvalue weighted by atomic mass is 16.5. The first-order valence-corrected chi connectivity index (χ1v) is 10.8. The van der Waals surface area contributed by atoms with E-state index in [0.717, 1.165) is 5.39 Å². The molecule has 8 heteroatoms. The third-order valence-corrected chi connectivity index (χ3v) is 5.53. The van der Waals surface area contributed by atoms with Gasteiger partial charge < -0.3 is 18.8 Å². The summed E-state index contributed by atoms with van der Waals surface area (Å²) in [6.45, 7) is 5.53. The normalized spacial score (nSPS) is 16.2. The number of rotatable bonds is 6. The van der Waals surface area contributed by atoms with Crippen LogP contribution in [0.5, 0.6) is 5.75 Å². The van der Waals surface area contributed by atoms with Crippen LogP contribution in [-0.4, -0.2) is 28.1 Å². The number of hydrogen-bond acceptors (Lipinski definition) is 7. The van der Waals surface area contributed by atoms with E-state index in [9.17, 15) is 14.7 Å². The van der Waals surface area contributed by atoms with Crippen LogP contribution >= 0.6 is 0 Å². The number of ketones is 1. The van der Waals surface area contributed by atoms with Crippen molar-refractivity contribution in [2.24, 2.45) is 0 Å². The number of benzene rings is 2. The molecule has 0 unspecified atom stereocenters. The first-order valence-electron chi connectivity index (χ1n) is 10.8. The molecule has 0 aliphatic carbocycles. The Balaban J connectivity index is 1.61. The van der Waals surface area contributed by atoms with Gasteiger partial charge in [0.2, 0.25) is 5.78 Å². The van der Waals surface area contributed by atoms with Crippen molar-refractivity contribution in [1.29, 1.82) is 0 Å². The standard InChI is InChI=1S/C26H22N2O6/c1-14(2)32-18-10-8-16(9-11-18)23-22(24(29)20-13-17-6-4-5-7-19(17)33-20)25(30)26(31)28(23)21-12-15(3)34-27-21/h4-14,23,30H,1-3H3/t23-/m1/s1. The van der Waals surface area contributed by atoms with E-state index >= 15 is 0 Å². The lowest BCUT2D eigenvalue weighted by atomic mass is 9.95. The third-order valence-electron chi connectivity index (χ3n) is 5.53. The second-order valence-electron chi connectivity index (χ2n) is 8.35. The minimum absolute atomic E-state index is 0.0114. The zero-order chi connectivity index (χ0) is 24.0. The van der Waals surface area contributed by atoms with Gasteiger partial charge in [-0.05, 0) is 50.6 Å². The van der Waals surface area contributed by atoms with Crippen LogP contribution in [0.25, 0.3) is 11.0 Å². The average Bonchev–Trinajstić information content (AvgIpc) is 3.50. The van der Waals surface area contributed by atoms with E-state index in [4.69, 9.17) is 13.7 Å². The molecule has 34 heavy (non-hydrogen) atoms. The fourth-order valence-corrected chi connectivity index (χ4v) is 4.08. The summed E-state index contributed by atoms with van der Waals surface area (Å²) in [6, 6.07) is 16.4. The Morgan fingerprint density at radius 3 is 2.50 bits per heavy atom. The Hall–Kier alpha value is -4.33. The Bertz CT molecular complexity index is 1390. The topological polar surface area (TPSA) is 106 Å². The van der Waals surface area contributed by atoms with E-state index in [1.165, 1.54) is 4.90 Å². The average molecular weight is 458 g/mol. The van der Waals surface area contributed by atoms with Crippen LogP contribution in [0.3, 0.4) is 0 Å². The van der Waals surface area contributed by atoms with Crippen LogP contribution in [0, 0.1) is 6.92 Å². The number of amides is 1. The maximum Gasteiger partial charge on any atom is 0.295 e. The van der Waals surface area contributed by atoms with E-state index in [-0.39, 0.29) is 23.3 Å². The number of carbonyl (C=O) groups is 2. The lowest BCUT2D eigenvalue weighted by Gasteiger charge is -2.24. The van der Waals surface area contributed by atoms with Gasteiger partial charge in [0.25, 0.3) is 5.91 Å². The number of aliphatic hydroxyl groups is 1. The SMILES string of the molecule is Cc1cc(N2C(=O)C(O)=C(C(=O)c3cc4ccccc4o3)[C@H]2c2ccc(OC(C)C)cc2)no1. The molecule has 0 saturated carbocycles. The molecule has 4 aromatic rings. The molecule has 2 aromatic carbocycles. The van der Waals surface area contributed by atoms with Gasteiger partial charge in [-0.2, -0.15) is 0 Å². The zero-order valence-electron chi connectivity index (χ0n) is 18.8. The molecular weight excluding hydrogens is 436 g/mol. The highest BCUT2D eigenvalue weighted by molar-refractivity contribution is 6.20. The fraction of sp³-hybridized carbons (Fsp3) is 0.192. The van der Waals surface area contributed by atoms with Crippen LogP contribution in [0.1, 0.15) is 41.8 Å². The Morgan fingerprint density at radius 1 is 1.12 bits per heavy atom. The van der Waals surface area contributed by atoms with Gasteiger partial charge in [-0.15, -0.1) is 0 Å². The van der Waals surface area contributed by atoms with Crippen LogP contribution in [0.15, 0.2) is 80.9 Å².